The van der Waals surface area contributed by atoms with E-state index in [-0.39, 0.29) is 12.0 Å². The molecule has 0 fully saturated rings. The van der Waals surface area contributed by atoms with Crippen molar-refractivity contribution >= 4 is 12.0 Å². The third kappa shape index (κ3) is 12.2. The number of hydrogen-bond donors (Lipinski definition) is 1. The van der Waals surface area contributed by atoms with Crippen LogP contribution in [0.5, 0.6) is 0 Å². The van der Waals surface area contributed by atoms with Crippen molar-refractivity contribution in [1.82, 2.24) is 4.90 Å². The van der Waals surface area contributed by atoms with E-state index in [4.69, 9.17) is 4.74 Å². The third-order valence-electron chi connectivity index (χ3n) is 5.13. The number of aliphatic hydroxyl groups excluding tert-OH is 1. The number of rotatable bonds is 16. The first-order chi connectivity index (χ1) is 13.6. The number of aliphatic imine (C=N–C) groups is 1. The van der Waals surface area contributed by atoms with Crippen LogP contribution in [0.15, 0.2) is 17.1 Å². The van der Waals surface area contributed by atoms with Crippen molar-refractivity contribution in [2.24, 2.45) is 4.99 Å². The Balaban J connectivity index is 1.88. The number of amidine groups is 1. The molecule has 0 aliphatic carbocycles. The maximum atomic E-state index is 11.9. The van der Waals surface area contributed by atoms with E-state index in [1.807, 2.05) is 0 Å². The summed E-state index contributed by atoms with van der Waals surface area (Å²) in [6.07, 6.45) is 20.6. The fourth-order valence-corrected chi connectivity index (χ4v) is 3.37. The van der Waals surface area contributed by atoms with Crippen LogP contribution in [0, 0.1) is 0 Å². The fourth-order valence-electron chi connectivity index (χ4n) is 3.37. The van der Waals surface area contributed by atoms with Crippen molar-refractivity contribution in [3.63, 3.8) is 0 Å². The molecule has 0 saturated carbocycles. The van der Waals surface area contributed by atoms with Crippen molar-refractivity contribution in [2.75, 3.05) is 13.1 Å². The van der Waals surface area contributed by atoms with Crippen LogP contribution in [0.25, 0.3) is 0 Å². The number of allylic oxidation sites excluding steroid dienone is 2. The Morgan fingerprint density at radius 3 is 2.21 bits per heavy atom. The van der Waals surface area contributed by atoms with Gasteiger partial charge in [-0.25, -0.2) is 4.99 Å². The van der Waals surface area contributed by atoms with Crippen molar-refractivity contribution in [2.45, 2.75) is 110 Å². The molecule has 0 bridgehead atoms. The number of carbonyl (C=O) groups is 1. The van der Waals surface area contributed by atoms with E-state index < -0.39 is 6.23 Å². The first-order valence-electron chi connectivity index (χ1n) is 11.5. The summed E-state index contributed by atoms with van der Waals surface area (Å²) in [5.74, 6) is -0.246. The lowest BCUT2D eigenvalue weighted by molar-refractivity contribution is -0.136. The van der Waals surface area contributed by atoms with Crippen LogP contribution in [-0.4, -0.2) is 41.3 Å². The second-order valence-electron chi connectivity index (χ2n) is 7.80. The molecule has 28 heavy (non-hydrogen) atoms. The molecule has 5 heteroatoms. The summed E-state index contributed by atoms with van der Waals surface area (Å²) < 4.78 is 5.27. The molecule has 1 rings (SSSR count). The second kappa shape index (κ2) is 16.6. The van der Waals surface area contributed by atoms with Gasteiger partial charge in [0.25, 0.3) is 6.02 Å². The molecule has 0 aromatic heterocycles. The molecule has 5 nitrogen and oxygen atoms in total. The van der Waals surface area contributed by atoms with Crippen molar-refractivity contribution < 1.29 is 14.6 Å². The van der Waals surface area contributed by atoms with Gasteiger partial charge in [0.05, 0.1) is 6.54 Å². The lowest BCUT2D eigenvalue weighted by Gasteiger charge is -2.21. The van der Waals surface area contributed by atoms with Gasteiger partial charge in [-0.15, -0.1) is 0 Å². The number of hydrogen-bond acceptors (Lipinski definition) is 5. The minimum Gasteiger partial charge on any atom is -0.393 e. The monoisotopic (exact) mass is 394 g/mol. The highest BCUT2D eigenvalue weighted by molar-refractivity contribution is 5.88. The highest BCUT2D eigenvalue weighted by Crippen LogP contribution is 2.12. The lowest BCUT2D eigenvalue weighted by atomic mass is 10.1. The van der Waals surface area contributed by atoms with Crippen LogP contribution in [0.3, 0.4) is 0 Å². The molecule has 0 aromatic carbocycles. The minimum atomic E-state index is -0.672. The van der Waals surface area contributed by atoms with E-state index in [2.05, 4.69) is 24.1 Å². The summed E-state index contributed by atoms with van der Waals surface area (Å²) >= 11 is 0. The zero-order valence-electron chi connectivity index (χ0n) is 18.2. The number of unbranched alkanes of at least 4 members (excludes halogenated alkanes) is 11. The van der Waals surface area contributed by atoms with E-state index >= 15 is 0 Å². The average Bonchev–Trinajstić information content (AvgIpc) is 3.13. The molecule has 0 saturated heterocycles. The zero-order valence-corrected chi connectivity index (χ0v) is 18.2. The molecular weight excluding hydrogens is 352 g/mol. The average molecular weight is 395 g/mol. The van der Waals surface area contributed by atoms with Crippen LogP contribution >= 0.6 is 0 Å². The van der Waals surface area contributed by atoms with Crippen LogP contribution in [0.1, 0.15) is 104 Å². The van der Waals surface area contributed by atoms with E-state index in [1.54, 1.807) is 11.8 Å². The van der Waals surface area contributed by atoms with Gasteiger partial charge in [0.1, 0.15) is 6.23 Å². The van der Waals surface area contributed by atoms with E-state index in [0.29, 0.717) is 19.5 Å². The number of nitrogens with zero attached hydrogens (tertiary/aromatic N) is 2. The SMILES string of the molecule is CCCCCCCC/C=C\CCCCCCCC(=O)OC1=NCCN1C(C)O. The van der Waals surface area contributed by atoms with Gasteiger partial charge in [-0.3, -0.25) is 9.69 Å². The molecule has 1 aliphatic heterocycles. The van der Waals surface area contributed by atoms with Crippen LogP contribution in [-0.2, 0) is 9.53 Å². The minimum absolute atomic E-state index is 0.246. The Kier molecular flexibility index (Phi) is 14.6. The van der Waals surface area contributed by atoms with E-state index in [9.17, 15) is 9.90 Å². The Morgan fingerprint density at radius 2 is 1.61 bits per heavy atom. The Hall–Kier alpha value is -1.36. The van der Waals surface area contributed by atoms with Gasteiger partial charge in [-0.2, -0.15) is 0 Å². The molecule has 0 radical (unpaired) electrons. The van der Waals surface area contributed by atoms with Crippen LogP contribution in [0.4, 0.5) is 0 Å². The molecule has 162 valence electrons. The van der Waals surface area contributed by atoms with Crippen LogP contribution in [0.2, 0.25) is 0 Å². The normalized spacial score (nSPS) is 15.2. The number of carbonyl (C=O) groups excluding carboxylic acids is 1. The highest BCUT2D eigenvalue weighted by Gasteiger charge is 2.24. The summed E-state index contributed by atoms with van der Waals surface area (Å²) in [7, 11) is 0. The fraction of sp³-hybridized carbons (Fsp3) is 0.826. The van der Waals surface area contributed by atoms with Gasteiger partial charge in [-0.1, -0.05) is 70.4 Å². The molecule has 0 aromatic rings. The maximum absolute atomic E-state index is 11.9. The predicted octanol–water partition coefficient (Wildman–Crippen LogP) is 5.58. The standard InChI is InChI=1S/C23H42N2O3/c1-3-4-5-6-7-8-9-10-11-12-13-14-15-16-17-18-22(27)28-23-24-19-20-25(23)21(2)26/h10-11,21,26H,3-9,12-20H2,1-2H3/b11-10-. The first kappa shape index (κ1) is 24.7. The third-order valence-corrected chi connectivity index (χ3v) is 5.13. The molecule has 1 unspecified atom stereocenters. The summed E-state index contributed by atoms with van der Waals surface area (Å²) in [5.41, 5.74) is 0. The summed E-state index contributed by atoms with van der Waals surface area (Å²) in [6.45, 7) is 5.09. The largest absolute Gasteiger partial charge is 0.393 e. The highest BCUT2D eigenvalue weighted by atomic mass is 16.6. The van der Waals surface area contributed by atoms with Gasteiger partial charge in [0.2, 0.25) is 0 Å². The van der Waals surface area contributed by atoms with Gasteiger partial charge in [0, 0.05) is 13.0 Å². The van der Waals surface area contributed by atoms with Crippen LogP contribution < -0.4 is 0 Å². The summed E-state index contributed by atoms with van der Waals surface area (Å²) in [6, 6.07) is 0.271. The topological polar surface area (TPSA) is 62.1 Å². The summed E-state index contributed by atoms with van der Waals surface area (Å²) in [4.78, 5) is 17.6. The van der Waals surface area contributed by atoms with Crippen molar-refractivity contribution in [3.8, 4) is 0 Å². The first-order valence-corrected chi connectivity index (χ1v) is 11.5. The summed E-state index contributed by atoms with van der Waals surface area (Å²) in [5, 5.41) is 9.60. The smallest absolute Gasteiger partial charge is 0.313 e. The number of ether oxygens (including phenoxy) is 1. The Labute approximate surface area is 172 Å². The number of aliphatic hydroxyl groups is 1. The molecular formula is C23H42N2O3. The Bertz CT molecular complexity index is 461. The van der Waals surface area contributed by atoms with Gasteiger partial charge < -0.3 is 9.84 Å². The quantitative estimate of drug-likeness (QED) is 0.211. The molecule has 1 heterocycles. The predicted molar refractivity (Wildman–Crippen MR) is 116 cm³/mol. The zero-order chi connectivity index (χ0) is 20.5. The molecule has 1 atom stereocenters. The number of esters is 1. The van der Waals surface area contributed by atoms with E-state index in [1.165, 1.54) is 70.6 Å². The van der Waals surface area contributed by atoms with Gasteiger partial charge in [0.15, 0.2) is 0 Å². The molecule has 1 aliphatic rings. The Morgan fingerprint density at radius 1 is 1.04 bits per heavy atom. The van der Waals surface area contributed by atoms with E-state index in [0.717, 1.165) is 12.8 Å². The molecule has 0 amide bonds. The maximum Gasteiger partial charge on any atom is 0.313 e. The van der Waals surface area contributed by atoms with Gasteiger partial charge in [-0.05, 0) is 39.0 Å². The van der Waals surface area contributed by atoms with Crippen molar-refractivity contribution in [3.05, 3.63) is 12.2 Å². The van der Waals surface area contributed by atoms with Crippen molar-refractivity contribution in [1.29, 1.82) is 0 Å². The second-order valence-corrected chi connectivity index (χ2v) is 7.80. The molecule has 0 spiro atoms. The molecule has 1 N–H and O–H groups in total. The lowest BCUT2D eigenvalue weighted by Crippen LogP contribution is -2.38. The van der Waals surface area contributed by atoms with Gasteiger partial charge >= 0.3 is 5.97 Å².